The van der Waals surface area contributed by atoms with E-state index in [1.165, 1.54) is 12.5 Å². The Bertz CT molecular complexity index is 1110. The molecule has 1 fully saturated rings. The van der Waals surface area contributed by atoms with Crippen molar-refractivity contribution < 1.29 is 14.3 Å². The van der Waals surface area contributed by atoms with E-state index in [4.69, 9.17) is 31.6 Å². The Hall–Kier alpha value is -3.40. The molecule has 0 saturated carbocycles. The number of morpholine rings is 1. The van der Waals surface area contributed by atoms with Crippen LogP contribution in [0.3, 0.4) is 0 Å². The van der Waals surface area contributed by atoms with E-state index in [0.29, 0.717) is 35.4 Å². The minimum Gasteiger partial charge on any atom is -0.487 e. The first-order valence-corrected chi connectivity index (χ1v) is 11.9. The number of hydrogen-bond acceptors (Lipinski definition) is 9. The Balaban J connectivity index is 1.32. The minimum atomic E-state index is 0.289. The number of hydrogen-bond donors (Lipinski definition) is 2. The summed E-state index contributed by atoms with van der Waals surface area (Å²) in [6.07, 6.45) is 3.78. The van der Waals surface area contributed by atoms with Crippen molar-refractivity contribution in [3.05, 3.63) is 71.0 Å². The van der Waals surface area contributed by atoms with E-state index in [1.54, 1.807) is 6.07 Å². The number of nitrogen functional groups attached to an aromatic ring is 1. The van der Waals surface area contributed by atoms with Crippen molar-refractivity contribution in [1.29, 1.82) is 0 Å². The van der Waals surface area contributed by atoms with Gasteiger partial charge in [0.1, 0.15) is 36.9 Å². The zero-order chi connectivity index (χ0) is 24.3. The van der Waals surface area contributed by atoms with Crippen LogP contribution in [-0.4, -0.2) is 60.5 Å². The van der Waals surface area contributed by atoms with Gasteiger partial charge in [-0.2, -0.15) is 0 Å². The minimum absolute atomic E-state index is 0.289. The van der Waals surface area contributed by atoms with Crippen molar-refractivity contribution in [3.63, 3.8) is 0 Å². The van der Waals surface area contributed by atoms with E-state index in [0.717, 1.165) is 50.5 Å². The monoisotopic (exact) mass is 496 g/mol. The molecule has 35 heavy (non-hydrogen) atoms. The van der Waals surface area contributed by atoms with Crippen LogP contribution >= 0.6 is 11.6 Å². The van der Waals surface area contributed by atoms with Crippen LogP contribution in [-0.2, 0) is 16.2 Å². The maximum atomic E-state index is 6.44. The Morgan fingerprint density at radius 3 is 2.77 bits per heavy atom. The summed E-state index contributed by atoms with van der Waals surface area (Å²) in [5.41, 5.74) is 8.38. The van der Waals surface area contributed by atoms with Crippen molar-refractivity contribution in [2.75, 3.05) is 50.5 Å². The van der Waals surface area contributed by atoms with Crippen molar-refractivity contribution in [3.8, 4) is 5.75 Å². The molecule has 0 atom stereocenters. The van der Waals surface area contributed by atoms with Gasteiger partial charge < -0.3 is 25.4 Å². The molecule has 3 aromatic rings. The van der Waals surface area contributed by atoms with E-state index >= 15 is 0 Å². The lowest BCUT2D eigenvalue weighted by Gasteiger charge is -2.26. The number of anilines is 3. The Labute approximate surface area is 209 Å². The van der Waals surface area contributed by atoms with Gasteiger partial charge in [-0.15, -0.1) is 0 Å². The van der Waals surface area contributed by atoms with Gasteiger partial charge >= 0.3 is 0 Å². The highest BCUT2D eigenvalue weighted by Gasteiger charge is 2.11. The highest BCUT2D eigenvalue weighted by Crippen LogP contribution is 2.30. The molecular formula is C25H29ClN6O3. The van der Waals surface area contributed by atoms with E-state index in [2.05, 4.69) is 25.3 Å². The van der Waals surface area contributed by atoms with E-state index < -0.39 is 0 Å². The fourth-order valence-corrected chi connectivity index (χ4v) is 3.76. The summed E-state index contributed by atoms with van der Waals surface area (Å²) in [4.78, 5) is 16.1. The topological polar surface area (TPSA) is 107 Å². The standard InChI is InChI=1S/C25H29ClN6O3/c26-22-15-20(7-8-23(22)34-17-19-5-2-1-3-6-19)31-25-21(24(27)28-18-29-25)16-30-35-12-4-9-32-10-13-33-14-11-32/h1-3,5-8,15-16,18H,4,9-14,17H2,(H3,27,28,29,31)/b30-16+. The summed E-state index contributed by atoms with van der Waals surface area (Å²) in [7, 11) is 0. The molecule has 2 aromatic carbocycles. The first kappa shape index (κ1) is 24.7. The predicted molar refractivity (Wildman–Crippen MR) is 137 cm³/mol. The number of rotatable bonds is 11. The quantitative estimate of drug-likeness (QED) is 0.232. The van der Waals surface area contributed by atoms with E-state index in [9.17, 15) is 0 Å². The fraction of sp³-hybridized carbons (Fsp3) is 0.320. The number of halogens is 1. The highest BCUT2D eigenvalue weighted by molar-refractivity contribution is 6.32. The molecule has 0 unspecified atom stereocenters. The number of aromatic nitrogens is 2. The first-order valence-electron chi connectivity index (χ1n) is 11.5. The van der Waals surface area contributed by atoms with Crippen LogP contribution in [0.4, 0.5) is 17.3 Å². The van der Waals surface area contributed by atoms with Crippen LogP contribution in [0.15, 0.2) is 60.0 Å². The zero-order valence-electron chi connectivity index (χ0n) is 19.4. The smallest absolute Gasteiger partial charge is 0.144 e. The molecule has 0 amide bonds. The summed E-state index contributed by atoms with van der Waals surface area (Å²) in [6, 6.07) is 15.3. The molecular weight excluding hydrogens is 468 g/mol. The van der Waals surface area contributed by atoms with Crippen molar-refractivity contribution in [1.82, 2.24) is 14.9 Å². The molecule has 4 rings (SSSR count). The molecule has 10 heteroatoms. The van der Waals surface area contributed by atoms with Gasteiger partial charge in [0.2, 0.25) is 0 Å². The van der Waals surface area contributed by atoms with Crippen molar-refractivity contribution in [2.45, 2.75) is 13.0 Å². The number of ether oxygens (including phenoxy) is 2. The molecule has 184 valence electrons. The van der Waals surface area contributed by atoms with Crippen LogP contribution in [0.25, 0.3) is 0 Å². The van der Waals surface area contributed by atoms with Gasteiger partial charge in [0.25, 0.3) is 0 Å². The van der Waals surface area contributed by atoms with Gasteiger partial charge in [-0.05, 0) is 30.2 Å². The molecule has 1 aliphatic rings. The molecule has 1 aliphatic heterocycles. The number of nitrogens with two attached hydrogens (primary N) is 1. The van der Waals surface area contributed by atoms with E-state index in [1.807, 2.05) is 42.5 Å². The molecule has 9 nitrogen and oxygen atoms in total. The average Bonchev–Trinajstić information content (AvgIpc) is 2.88. The second-order valence-corrected chi connectivity index (χ2v) is 8.35. The second-order valence-electron chi connectivity index (χ2n) is 7.94. The lowest BCUT2D eigenvalue weighted by molar-refractivity contribution is 0.0323. The van der Waals surface area contributed by atoms with Gasteiger partial charge in [-0.3, -0.25) is 4.90 Å². The molecule has 0 spiro atoms. The van der Waals surface area contributed by atoms with Crippen LogP contribution in [0.5, 0.6) is 5.75 Å². The largest absolute Gasteiger partial charge is 0.487 e. The lowest BCUT2D eigenvalue weighted by Crippen LogP contribution is -2.37. The zero-order valence-corrected chi connectivity index (χ0v) is 20.2. The summed E-state index contributed by atoms with van der Waals surface area (Å²) in [6.45, 7) is 5.38. The molecule has 3 N–H and O–H groups in total. The van der Waals surface area contributed by atoms with Gasteiger partial charge in [0.05, 0.1) is 30.0 Å². The third-order valence-electron chi connectivity index (χ3n) is 5.42. The highest BCUT2D eigenvalue weighted by atomic mass is 35.5. The summed E-state index contributed by atoms with van der Waals surface area (Å²) >= 11 is 6.44. The first-order chi connectivity index (χ1) is 17.2. The molecule has 1 aromatic heterocycles. The third kappa shape index (κ3) is 7.54. The van der Waals surface area contributed by atoms with Crippen molar-refractivity contribution in [2.24, 2.45) is 5.16 Å². The van der Waals surface area contributed by atoms with Gasteiger partial charge in [0, 0.05) is 25.3 Å². The Kier molecular flexibility index (Phi) is 9.11. The molecule has 0 aliphatic carbocycles. The number of nitrogens with zero attached hydrogens (tertiary/aromatic N) is 4. The van der Waals surface area contributed by atoms with Crippen LogP contribution in [0, 0.1) is 0 Å². The van der Waals surface area contributed by atoms with Gasteiger partial charge in [-0.25, -0.2) is 9.97 Å². The third-order valence-corrected chi connectivity index (χ3v) is 5.71. The number of nitrogens with one attached hydrogen (secondary N) is 1. The van der Waals surface area contributed by atoms with Gasteiger partial charge in [-0.1, -0.05) is 47.1 Å². The second kappa shape index (κ2) is 12.9. The maximum absolute atomic E-state index is 6.44. The van der Waals surface area contributed by atoms with Crippen LogP contribution < -0.4 is 15.8 Å². The van der Waals surface area contributed by atoms with Gasteiger partial charge in [0.15, 0.2) is 0 Å². The molecule has 0 radical (unpaired) electrons. The fourth-order valence-electron chi connectivity index (χ4n) is 3.52. The van der Waals surface area contributed by atoms with Crippen LogP contribution in [0.1, 0.15) is 17.5 Å². The summed E-state index contributed by atoms with van der Waals surface area (Å²) < 4.78 is 11.2. The number of oxime groups is 1. The van der Waals surface area contributed by atoms with Crippen LogP contribution in [0.2, 0.25) is 5.02 Å². The van der Waals surface area contributed by atoms with E-state index in [-0.39, 0.29) is 5.82 Å². The SMILES string of the molecule is Nc1ncnc(Nc2ccc(OCc3ccccc3)c(Cl)c2)c1/C=N/OCCCN1CCOCC1. The molecule has 2 heterocycles. The lowest BCUT2D eigenvalue weighted by atomic mass is 10.2. The summed E-state index contributed by atoms with van der Waals surface area (Å²) in [5.74, 6) is 1.37. The maximum Gasteiger partial charge on any atom is 0.144 e. The molecule has 0 bridgehead atoms. The Morgan fingerprint density at radius 1 is 1.14 bits per heavy atom. The average molecular weight is 497 g/mol. The predicted octanol–water partition coefficient (Wildman–Crippen LogP) is 4.11. The molecule has 1 saturated heterocycles. The normalized spacial score (nSPS) is 14.2. The number of benzene rings is 2. The van der Waals surface area contributed by atoms with Crippen molar-refractivity contribution >= 4 is 35.1 Å². The Morgan fingerprint density at radius 2 is 1.97 bits per heavy atom. The summed E-state index contributed by atoms with van der Waals surface area (Å²) in [5, 5.41) is 7.75.